The molecule has 2 aliphatic rings. The minimum absolute atomic E-state index is 0.0152. The molecule has 2 atom stereocenters. The predicted molar refractivity (Wildman–Crippen MR) is 198 cm³/mol. The first-order valence-corrected chi connectivity index (χ1v) is 18.7. The van der Waals surface area contributed by atoms with E-state index in [9.17, 15) is 22.8 Å². The van der Waals surface area contributed by atoms with Gasteiger partial charge in [0.25, 0.3) is 16.0 Å². The molecule has 0 spiro atoms. The number of amidine groups is 1. The predicted octanol–water partition coefficient (Wildman–Crippen LogP) is 4.73. The number of hydrogen-bond acceptors (Lipinski definition) is 10. The largest absolute Gasteiger partial charge is 0.466 e. The van der Waals surface area contributed by atoms with Crippen molar-refractivity contribution in [3.05, 3.63) is 83.8 Å². The number of ether oxygens (including phenoxy) is 1. The average molecular weight is 732 g/mol. The zero-order valence-electron chi connectivity index (χ0n) is 29.8. The van der Waals surface area contributed by atoms with Crippen LogP contribution in [0.5, 0.6) is 0 Å². The number of anilines is 2. The van der Waals surface area contributed by atoms with Gasteiger partial charge in [0.2, 0.25) is 0 Å². The lowest BCUT2D eigenvalue weighted by molar-refractivity contribution is -0.142. The zero-order chi connectivity index (χ0) is 37.8. The molecule has 2 fully saturated rings. The third-order valence-electron chi connectivity index (χ3n) is 10.5. The Morgan fingerprint density at radius 2 is 1.85 bits per heavy atom. The second-order valence-corrected chi connectivity index (χ2v) is 15.2. The quantitative estimate of drug-likeness (QED) is 0.0677. The third kappa shape index (κ3) is 8.00. The van der Waals surface area contributed by atoms with Crippen molar-refractivity contribution in [2.45, 2.75) is 53.0 Å². The molecule has 52 heavy (non-hydrogen) atoms. The lowest BCUT2D eigenvalue weighted by atomic mass is 9.70. The molecular weight excluding hydrogens is 687 g/mol. The third-order valence-corrected chi connectivity index (χ3v) is 11.3. The van der Waals surface area contributed by atoms with Crippen molar-refractivity contribution in [1.82, 2.24) is 14.5 Å². The van der Waals surface area contributed by atoms with Gasteiger partial charge in [0.1, 0.15) is 23.3 Å². The van der Waals surface area contributed by atoms with Crippen LogP contribution in [0.3, 0.4) is 0 Å². The number of fused-ring (bicyclic) bond motifs is 3. The van der Waals surface area contributed by atoms with Crippen molar-refractivity contribution in [2.24, 2.45) is 29.5 Å². The highest BCUT2D eigenvalue weighted by Crippen LogP contribution is 2.64. The van der Waals surface area contributed by atoms with Crippen LogP contribution in [-0.4, -0.2) is 69.9 Å². The number of carbonyl (C=O) groups excluding carboxylic acids is 3. The van der Waals surface area contributed by atoms with Gasteiger partial charge in [-0.1, -0.05) is 19.9 Å². The molecule has 4 aromatic rings. The van der Waals surface area contributed by atoms with Gasteiger partial charge in [-0.15, -0.1) is 0 Å². The lowest BCUT2D eigenvalue weighted by Gasteiger charge is -2.35. The van der Waals surface area contributed by atoms with Gasteiger partial charge >= 0.3 is 5.97 Å². The molecule has 0 saturated heterocycles. The Hall–Kier alpha value is -5.15. The minimum Gasteiger partial charge on any atom is -0.466 e. The second kappa shape index (κ2) is 15.2. The maximum absolute atomic E-state index is 13.5. The number of carbonyl (C=O) groups is 3. The van der Waals surface area contributed by atoms with Crippen molar-refractivity contribution >= 4 is 56.2 Å². The number of aromatic nitrogens is 3. The summed E-state index contributed by atoms with van der Waals surface area (Å²) in [6.07, 6.45) is 3.64. The lowest BCUT2D eigenvalue weighted by Crippen LogP contribution is -2.42. The van der Waals surface area contributed by atoms with Crippen molar-refractivity contribution in [3.63, 3.8) is 0 Å². The molecule has 2 aromatic carbocycles. The highest BCUT2D eigenvalue weighted by molar-refractivity contribution is 7.85. The van der Waals surface area contributed by atoms with Gasteiger partial charge in [0, 0.05) is 43.0 Å². The topological polar surface area (TPSA) is 211 Å². The van der Waals surface area contributed by atoms with Crippen LogP contribution in [0.15, 0.2) is 66.9 Å². The van der Waals surface area contributed by atoms with Gasteiger partial charge in [-0.05, 0) is 85.7 Å². The van der Waals surface area contributed by atoms with E-state index in [1.165, 1.54) is 4.90 Å². The molecule has 2 aliphatic carbocycles. The molecule has 6 rings (SSSR count). The SMILES string of the molecule is CC1(C)[C@H]2CC[C@]1(CS(=O)(=O)O)C(=O)C2.CCOC(=O)CCN(C(=O)c1ccc2c(c1)nc(CNc1ccc(C(=N)N)cc1)n2C)c1ccccn1. The van der Waals surface area contributed by atoms with Crippen molar-refractivity contribution in [3.8, 4) is 0 Å². The van der Waals surface area contributed by atoms with Crippen LogP contribution in [-0.2, 0) is 38.0 Å². The fourth-order valence-electron chi connectivity index (χ4n) is 7.33. The number of nitrogen functional groups attached to an aromatic ring is 1. The maximum Gasteiger partial charge on any atom is 0.307 e. The molecule has 1 amide bonds. The van der Waals surface area contributed by atoms with Crippen LogP contribution in [0.2, 0.25) is 0 Å². The summed E-state index contributed by atoms with van der Waals surface area (Å²) in [5, 5.41) is 10.8. The minimum atomic E-state index is -4.08. The Bertz CT molecular complexity index is 2080. The summed E-state index contributed by atoms with van der Waals surface area (Å²) in [6, 6.07) is 18.0. The Morgan fingerprint density at radius 1 is 1.13 bits per heavy atom. The number of ketones is 1. The summed E-state index contributed by atoms with van der Waals surface area (Å²) in [5.74, 6) is 0.522. The first-order chi connectivity index (χ1) is 24.6. The van der Waals surface area contributed by atoms with E-state index in [4.69, 9.17) is 25.4 Å². The second-order valence-electron chi connectivity index (χ2n) is 13.7. The number of esters is 1. The molecule has 2 bridgehead atoms. The number of rotatable bonds is 12. The molecule has 15 heteroatoms. The molecule has 2 saturated carbocycles. The Labute approximate surface area is 303 Å². The van der Waals surface area contributed by atoms with Gasteiger partial charge < -0.3 is 20.4 Å². The van der Waals surface area contributed by atoms with Crippen LogP contribution in [0.1, 0.15) is 68.2 Å². The molecule has 0 aliphatic heterocycles. The molecule has 0 unspecified atom stereocenters. The fourth-order valence-corrected chi connectivity index (χ4v) is 8.63. The summed E-state index contributed by atoms with van der Waals surface area (Å²) in [4.78, 5) is 47.8. The van der Waals surface area contributed by atoms with Crippen LogP contribution in [0.25, 0.3) is 11.0 Å². The van der Waals surface area contributed by atoms with Gasteiger partial charge in [0.05, 0.1) is 41.8 Å². The Balaban J connectivity index is 0.000000289. The number of nitrogens with zero attached hydrogens (tertiary/aromatic N) is 4. The van der Waals surface area contributed by atoms with E-state index in [0.717, 1.165) is 23.4 Å². The van der Waals surface area contributed by atoms with E-state index >= 15 is 0 Å². The smallest absolute Gasteiger partial charge is 0.307 e. The number of amides is 1. The van der Waals surface area contributed by atoms with Crippen molar-refractivity contribution < 1.29 is 32.1 Å². The Morgan fingerprint density at radius 3 is 2.42 bits per heavy atom. The normalized spacial score (nSPS) is 18.8. The number of nitrogens with one attached hydrogen (secondary N) is 2. The summed E-state index contributed by atoms with van der Waals surface area (Å²) >= 11 is 0. The first-order valence-electron chi connectivity index (χ1n) is 17.1. The van der Waals surface area contributed by atoms with E-state index < -0.39 is 21.3 Å². The number of hydrogen-bond donors (Lipinski definition) is 4. The van der Waals surface area contributed by atoms with Gasteiger partial charge in [-0.2, -0.15) is 8.42 Å². The Kier molecular flexibility index (Phi) is 11.1. The van der Waals surface area contributed by atoms with E-state index in [0.29, 0.717) is 41.8 Å². The van der Waals surface area contributed by atoms with Crippen LogP contribution >= 0.6 is 0 Å². The average Bonchev–Trinajstić information content (AvgIpc) is 3.61. The number of aryl methyl sites for hydroxylation is 1. The molecule has 5 N–H and O–H groups in total. The summed E-state index contributed by atoms with van der Waals surface area (Å²) in [5.41, 5.74) is 7.95. The van der Waals surface area contributed by atoms with Gasteiger partial charge in [0.15, 0.2) is 0 Å². The summed E-state index contributed by atoms with van der Waals surface area (Å²) in [6.45, 7) is 6.53. The van der Waals surface area contributed by atoms with Crippen LogP contribution in [0.4, 0.5) is 11.5 Å². The summed E-state index contributed by atoms with van der Waals surface area (Å²) in [7, 11) is -2.15. The van der Waals surface area contributed by atoms with Gasteiger partial charge in [-0.3, -0.25) is 29.2 Å². The van der Waals surface area contributed by atoms with E-state index in [1.807, 2.05) is 43.7 Å². The van der Waals surface area contributed by atoms with Crippen LogP contribution in [0, 0.1) is 22.2 Å². The number of imidazole rings is 1. The van der Waals surface area contributed by atoms with Crippen LogP contribution < -0.4 is 16.0 Å². The zero-order valence-corrected chi connectivity index (χ0v) is 30.6. The molecule has 276 valence electrons. The van der Waals surface area contributed by atoms with Crippen molar-refractivity contribution in [2.75, 3.05) is 29.1 Å². The standard InChI is InChI=1S/C27H29N7O3.C10H16O4S/c1-3-37-25(35)13-15-34(23-6-4-5-14-30-23)27(36)19-9-12-22-21(16-19)32-24(33(22)2)17-31-20-10-7-18(8-11-20)26(28)29;1-9(2)7-3-4-10(9,8(11)5-7)6-15(12,13)14/h4-12,14,16,31H,3,13,15,17H2,1-2H3,(H3,28,29);7H,3-6H2,1-2H3,(H,12,13,14)/t;7-,10-/m.0/s1. The van der Waals surface area contributed by atoms with E-state index in [1.54, 1.807) is 55.6 Å². The molecule has 14 nitrogen and oxygen atoms in total. The number of nitrogens with two attached hydrogens (primary N) is 1. The summed E-state index contributed by atoms with van der Waals surface area (Å²) < 4.78 is 38.0. The molecule has 2 aromatic heterocycles. The maximum atomic E-state index is 13.5. The highest BCUT2D eigenvalue weighted by Gasteiger charge is 2.65. The fraction of sp³-hybridized carbons (Fsp3) is 0.405. The first kappa shape index (κ1) is 38.1. The highest BCUT2D eigenvalue weighted by atomic mass is 32.2. The molecular formula is C37H45N7O7S. The van der Waals surface area contributed by atoms with Crippen molar-refractivity contribution in [1.29, 1.82) is 5.41 Å². The monoisotopic (exact) mass is 731 g/mol. The number of benzene rings is 2. The van der Waals surface area contributed by atoms with E-state index in [-0.39, 0.29) is 54.4 Å². The molecule has 0 radical (unpaired) electrons. The number of Topliss-reactive ketones (excluding diaryl/α,β-unsaturated/α-hetero) is 1. The number of pyridine rings is 1. The van der Waals surface area contributed by atoms with Gasteiger partial charge in [-0.25, -0.2) is 9.97 Å². The molecule has 2 heterocycles. The van der Waals surface area contributed by atoms with E-state index in [2.05, 4.69) is 10.3 Å².